The van der Waals surface area contributed by atoms with Gasteiger partial charge in [-0.05, 0) is 24.0 Å². The van der Waals surface area contributed by atoms with Crippen LogP contribution in [0.3, 0.4) is 0 Å². The number of halogens is 2. The number of alkyl halides is 2. The highest BCUT2D eigenvalue weighted by atomic mass is 19.3. The number of para-hydroxylation sites is 1. The van der Waals surface area contributed by atoms with E-state index in [1.807, 2.05) is 20.8 Å². The second kappa shape index (κ2) is 7.89. The van der Waals surface area contributed by atoms with Crippen LogP contribution in [0.2, 0.25) is 0 Å². The van der Waals surface area contributed by atoms with Gasteiger partial charge in [-0.1, -0.05) is 32.9 Å². The third-order valence-electron chi connectivity index (χ3n) is 2.85. The summed E-state index contributed by atoms with van der Waals surface area (Å²) in [5, 5.41) is 4.99. The van der Waals surface area contributed by atoms with Gasteiger partial charge in [0.05, 0.1) is 12.2 Å². The molecule has 1 aromatic rings. The summed E-state index contributed by atoms with van der Waals surface area (Å²) >= 11 is 0. The molecule has 0 spiro atoms. The van der Waals surface area contributed by atoms with E-state index < -0.39 is 12.5 Å². The van der Waals surface area contributed by atoms with Crippen LogP contribution in [-0.2, 0) is 9.59 Å². The van der Waals surface area contributed by atoms with Gasteiger partial charge in [-0.3, -0.25) is 9.59 Å². The fourth-order valence-electron chi connectivity index (χ4n) is 1.90. The Bertz CT molecular complexity index is 569. The zero-order valence-electron chi connectivity index (χ0n) is 13.7. The van der Waals surface area contributed by atoms with E-state index in [2.05, 4.69) is 15.4 Å². The van der Waals surface area contributed by atoms with Gasteiger partial charge in [-0.25, -0.2) is 0 Å². The number of carbonyl (C=O) groups excluding carboxylic acids is 2. The molecule has 0 heterocycles. The second-order valence-electron chi connectivity index (χ2n) is 6.39. The summed E-state index contributed by atoms with van der Waals surface area (Å²) in [6, 6.07) is 4.55. The fraction of sp³-hybridized carbons (Fsp3) is 0.500. The number of hydrogen-bond donors (Lipinski definition) is 2. The molecule has 0 radical (unpaired) electrons. The molecule has 0 saturated carbocycles. The van der Waals surface area contributed by atoms with E-state index in [0.29, 0.717) is 5.56 Å². The molecule has 0 saturated heterocycles. The largest absolute Gasteiger partial charge is 0.433 e. The van der Waals surface area contributed by atoms with Crippen molar-refractivity contribution in [2.45, 2.75) is 40.7 Å². The average molecular weight is 328 g/mol. The van der Waals surface area contributed by atoms with Gasteiger partial charge in [0.2, 0.25) is 11.8 Å². The molecule has 0 atom stereocenters. The minimum Gasteiger partial charge on any atom is -0.433 e. The molecule has 0 unspecified atom stereocenters. The molecule has 23 heavy (non-hydrogen) atoms. The minimum atomic E-state index is -2.99. The van der Waals surface area contributed by atoms with Crippen molar-refractivity contribution < 1.29 is 23.1 Å². The van der Waals surface area contributed by atoms with Crippen molar-refractivity contribution >= 4 is 17.5 Å². The third-order valence-corrected chi connectivity index (χ3v) is 2.85. The van der Waals surface area contributed by atoms with E-state index in [0.717, 1.165) is 0 Å². The van der Waals surface area contributed by atoms with Crippen molar-refractivity contribution in [2.24, 2.45) is 5.41 Å². The lowest BCUT2D eigenvalue weighted by atomic mass is 9.92. The SMILES string of the molecule is Cc1cccc(OC(F)F)c1NC(=O)CNC(=O)CC(C)(C)C. The number of hydrogen-bond acceptors (Lipinski definition) is 3. The third kappa shape index (κ3) is 7.08. The predicted molar refractivity (Wildman–Crippen MR) is 83.5 cm³/mol. The molecular formula is C16H22F2N2O3. The quantitative estimate of drug-likeness (QED) is 0.843. The van der Waals surface area contributed by atoms with Crippen LogP contribution in [0.4, 0.5) is 14.5 Å². The summed E-state index contributed by atoms with van der Waals surface area (Å²) in [5.74, 6) is -0.878. The zero-order valence-corrected chi connectivity index (χ0v) is 13.7. The molecule has 0 aliphatic carbocycles. The Kier molecular flexibility index (Phi) is 6.48. The molecule has 2 amide bonds. The first-order chi connectivity index (χ1) is 10.6. The number of carbonyl (C=O) groups is 2. The van der Waals surface area contributed by atoms with Crippen molar-refractivity contribution in [2.75, 3.05) is 11.9 Å². The molecule has 0 aromatic heterocycles. The van der Waals surface area contributed by atoms with Crippen LogP contribution in [-0.4, -0.2) is 25.0 Å². The highest BCUT2D eigenvalue weighted by Gasteiger charge is 2.17. The Hall–Kier alpha value is -2.18. The lowest BCUT2D eigenvalue weighted by Crippen LogP contribution is -2.34. The Morgan fingerprint density at radius 3 is 2.43 bits per heavy atom. The van der Waals surface area contributed by atoms with E-state index in [-0.39, 0.29) is 35.7 Å². The van der Waals surface area contributed by atoms with E-state index in [9.17, 15) is 18.4 Å². The molecule has 0 fully saturated rings. The van der Waals surface area contributed by atoms with Crippen molar-refractivity contribution in [1.29, 1.82) is 0 Å². The van der Waals surface area contributed by atoms with Crippen LogP contribution >= 0.6 is 0 Å². The summed E-state index contributed by atoms with van der Waals surface area (Å²) in [7, 11) is 0. The van der Waals surface area contributed by atoms with Crippen molar-refractivity contribution in [3.63, 3.8) is 0 Å². The fourth-order valence-corrected chi connectivity index (χ4v) is 1.90. The Morgan fingerprint density at radius 1 is 1.22 bits per heavy atom. The van der Waals surface area contributed by atoms with Crippen LogP contribution in [0.15, 0.2) is 18.2 Å². The number of amides is 2. The molecule has 2 N–H and O–H groups in total. The molecular weight excluding hydrogens is 306 g/mol. The Labute approximate surface area is 134 Å². The molecule has 0 bridgehead atoms. The maximum absolute atomic E-state index is 12.4. The lowest BCUT2D eigenvalue weighted by Gasteiger charge is -2.17. The number of anilines is 1. The average Bonchev–Trinajstić information content (AvgIpc) is 2.38. The van der Waals surface area contributed by atoms with Crippen LogP contribution in [0, 0.1) is 12.3 Å². The normalized spacial score (nSPS) is 11.3. The minimum absolute atomic E-state index is 0.116. The molecule has 1 aromatic carbocycles. The van der Waals surface area contributed by atoms with Crippen LogP contribution in [0.25, 0.3) is 0 Å². The summed E-state index contributed by atoms with van der Waals surface area (Å²) in [6.45, 7) is 4.16. The molecule has 0 aliphatic heterocycles. The van der Waals surface area contributed by atoms with E-state index >= 15 is 0 Å². The first kappa shape index (κ1) is 18.9. The van der Waals surface area contributed by atoms with Gasteiger partial charge in [0.1, 0.15) is 5.75 Å². The van der Waals surface area contributed by atoms with E-state index in [4.69, 9.17) is 0 Å². The maximum Gasteiger partial charge on any atom is 0.387 e. The number of nitrogens with one attached hydrogen (secondary N) is 2. The highest BCUT2D eigenvalue weighted by molar-refractivity contribution is 5.96. The van der Waals surface area contributed by atoms with Gasteiger partial charge < -0.3 is 15.4 Å². The van der Waals surface area contributed by atoms with E-state index in [1.54, 1.807) is 19.1 Å². The number of aryl methyl sites for hydroxylation is 1. The van der Waals surface area contributed by atoms with Gasteiger partial charge in [0.25, 0.3) is 0 Å². The Balaban J connectivity index is 2.66. The molecule has 7 heteroatoms. The monoisotopic (exact) mass is 328 g/mol. The lowest BCUT2D eigenvalue weighted by molar-refractivity contribution is -0.125. The van der Waals surface area contributed by atoms with E-state index in [1.165, 1.54) is 6.07 Å². The van der Waals surface area contributed by atoms with Gasteiger partial charge in [0.15, 0.2) is 0 Å². The topological polar surface area (TPSA) is 67.4 Å². The molecule has 5 nitrogen and oxygen atoms in total. The number of benzene rings is 1. The molecule has 1 rings (SSSR count). The van der Waals surface area contributed by atoms with Crippen molar-refractivity contribution in [3.8, 4) is 5.75 Å². The maximum atomic E-state index is 12.4. The van der Waals surface area contributed by atoms with Gasteiger partial charge >= 0.3 is 6.61 Å². The molecule has 0 aliphatic rings. The van der Waals surface area contributed by atoms with Crippen LogP contribution < -0.4 is 15.4 Å². The standard InChI is InChI=1S/C16H22F2N2O3/c1-10-6-5-7-11(23-15(17)18)14(10)20-13(22)9-19-12(21)8-16(2,3)4/h5-7,15H,8-9H2,1-4H3,(H,19,21)(H,20,22). The molecule has 128 valence electrons. The van der Waals surface area contributed by atoms with Crippen molar-refractivity contribution in [1.82, 2.24) is 5.32 Å². The predicted octanol–water partition coefficient (Wildman–Crippen LogP) is 3.09. The number of ether oxygens (including phenoxy) is 1. The van der Waals surface area contributed by atoms with Gasteiger partial charge in [0, 0.05) is 6.42 Å². The Morgan fingerprint density at radius 2 is 1.87 bits per heavy atom. The van der Waals surface area contributed by atoms with Gasteiger partial charge in [-0.15, -0.1) is 0 Å². The van der Waals surface area contributed by atoms with Crippen molar-refractivity contribution in [3.05, 3.63) is 23.8 Å². The summed E-state index contributed by atoms with van der Waals surface area (Å²) < 4.78 is 29.2. The summed E-state index contributed by atoms with van der Waals surface area (Å²) in [4.78, 5) is 23.6. The summed E-state index contributed by atoms with van der Waals surface area (Å²) in [5.41, 5.74) is 0.565. The highest BCUT2D eigenvalue weighted by Crippen LogP contribution is 2.29. The zero-order chi connectivity index (χ0) is 17.6. The summed E-state index contributed by atoms with van der Waals surface area (Å²) in [6.07, 6.45) is 0.282. The first-order valence-corrected chi connectivity index (χ1v) is 7.19. The van der Waals surface area contributed by atoms with Crippen LogP contribution in [0.5, 0.6) is 5.75 Å². The second-order valence-corrected chi connectivity index (χ2v) is 6.39. The first-order valence-electron chi connectivity index (χ1n) is 7.19. The van der Waals surface area contributed by atoms with Crippen LogP contribution in [0.1, 0.15) is 32.8 Å². The van der Waals surface area contributed by atoms with Gasteiger partial charge in [-0.2, -0.15) is 8.78 Å². The smallest absolute Gasteiger partial charge is 0.387 e. The number of rotatable bonds is 6.